The van der Waals surface area contributed by atoms with Crippen LogP contribution in [0.4, 0.5) is 0 Å². The highest BCUT2D eigenvalue weighted by Gasteiger charge is 2.07. The number of fused-ring (bicyclic) bond motifs is 1. The molecule has 1 N–H and O–H groups in total. The number of ether oxygens (including phenoxy) is 1. The molecule has 0 fully saturated rings. The summed E-state index contributed by atoms with van der Waals surface area (Å²) in [6.07, 6.45) is 5.59. The van der Waals surface area contributed by atoms with E-state index in [-0.39, 0.29) is 23.7 Å². The lowest BCUT2D eigenvalue weighted by atomic mass is 10.1. The van der Waals surface area contributed by atoms with E-state index in [1.807, 2.05) is 0 Å². The summed E-state index contributed by atoms with van der Waals surface area (Å²) >= 11 is 0. The topological polar surface area (TPSA) is 93.8 Å². The van der Waals surface area contributed by atoms with Crippen molar-refractivity contribution < 1.29 is 23.8 Å². The monoisotopic (exact) mass is 390 g/mol. The van der Waals surface area contributed by atoms with Crippen molar-refractivity contribution in [2.24, 2.45) is 0 Å². The third-order valence-electron chi connectivity index (χ3n) is 4.11. The maximum absolute atomic E-state index is 12.1. The number of carbonyl (C=O) groups excluding carboxylic acids is 2. The zero-order chi connectivity index (χ0) is 20.8. The standard InChI is InChI=1S/C23H18O6/c1-28-22-14-23(27)29-21-11-6-16(12-20(21)22)5-10-19(26)13-18(25)9-4-15-2-7-17(24)8-3-15/h2-12,14,24H,13H2,1H3. The van der Waals surface area contributed by atoms with Crippen molar-refractivity contribution in [3.8, 4) is 11.5 Å². The summed E-state index contributed by atoms with van der Waals surface area (Å²) < 4.78 is 10.3. The smallest absolute Gasteiger partial charge is 0.339 e. The molecule has 0 spiro atoms. The minimum atomic E-state index is -0.508. The highest BCUT2D eigenvalue weighted by atomic mass is 16.5. The molecular formula is C23H18O6. The van der Waals surface area contributed by atoms with Gasteiger partial charge in [-0.3, -0.25) is 9.59 Å². The number of hydrogen-bond acceptors (Lipinski definition) is 6. The number of allylic oxidation sites excluding steroid dienone is 2. The maximum atomic E-state index is 12.1. The maximum Gasteiger partial charge on any atom is 0.339 e. The van der Waals surface area contributed by atoms with Crippen molar-refractivity contribution in [3.63, 3.8) is 0 Å². The third kappa shape index (κ3) is 5.29. The summed E-state index contributed by atoms with van der Waals surface area (Å²) in [5.74, 6) is -0.138. The summed E-state index contributed by atoms with van der Waals surface area (Å²) in [7, 11) is 1.46. The van der Waals surface area contributed by atoms with E-state index in [0.717, 1.165) is 5.56 Å². The average molecular weight is 390 g/mol. The lowest BCUT2D eigenvalue weighted by Crippen LogP contribution is -2.02. The van der Waals surface area contributed by atoms with Crippen LogP contribution in [0.1, 0.15) is 17.5 Å². The number of phenolic OH excluding ortho intramolecular Hbond substituents is 1. The van der Waals surface area contributed by atoms with Crippen molar-refractivity contribution in [3.05, 3.63) is 82.2 Å². The fraction of sp³-hybridized carbons (Fsp3) is 0.0870. The van der Waals surface area contributed by atoms with E-state index in [2.05, 4.69) is 0 Å². The van der Waals surface area contributed by atoms with Crippen LogP contribution in [0.3, 0.4) is 0 Å². The second-order valence-electron chi connectivity index (χ2n) is 6.26. The van der Waals surface area contributed by atoms with Crippen LogP contribution < -0.4 is 10.4 Å². The molecule has 3 aromatic rings. The molecule has 146 valence electrons. The molecule has 0 saturated heterocycles. The van der Waals surface area contributed by atoms with E-state index in [0.29, 0.717) is 22.3 Å². The van der Waals surface area contributed by atoms with Crippen LogP contribution in [0.25, 0.3) is 23.1 Å². The van der Waals surface area contributed by atoms with Gasteiger partial charge in [0.2, 0.25) is 0 Å². The second-order valence-corrected chi connectivity index (χ2v) is 6.26. The first kappa shape index (κ1) is 19.8. The molecular weight excluding hydrogens is 372 g/mol. The van der Waals surface area contributed by atoms with Gasteiger partial charge in [-0.1, -0.05) is 30.4 Å². The lowest BCUT2D eigenvalue weighted by Gasteiger charge is -2.04. The number of phenols is 1. The molecule has 3 rings (SSSR count). The van der Waals surface area contributed by atoms with E-state index < -0.39 is 5.63 Å². The van der Waals surface area contributed by atoms with Crippen LogP contribution in [-0.2, 0) is 9.59 Å². The number of hydrogen-bond donors (Lipinski definition) is 1. The van der Waals surface area contributed by atoms with Crippen LogP contribution >= 0.6 is 0 Å². The minimum Gasteiger partial charge on any atom is -0.508 e. The SMILES string of the molecule is COc1cc(=O)oc2ccc(C=CC(=O)CC(=O)C=Cc3ccc(O)cc3)cc12. The van der Waals surface area contributed by atoms with Gasteiger partial charge in [0.05, 0.1) is 25.0 Å². The average Bonchev–Trinajstić information content (AvgIpc) is 2.71. The van der Waals surface area contributed by atoms with Crippen LogP contribution in [0.5, 0.6) is 11.5 Å². The van der Waals surface area contributed by atoms with Gasteiger partial charge in [0, 0.05) is 0 Å². The molecule has 0 aliphatic heterocycles. The van der Waals surface area contributed by atoms with Gasteiger partial charge in [-0.25, -0.2) is 4.79 Å². The van der Waals surface area contributed by atoms with Gasteiger partial charge in [-0.05, 0) is 47.5 Å². The molecule has 0 radical (unpaired) electrons. The van der Waals surface area contributed by atoms with Gasteiger partial charge in [0.15, 0.2) is 11.6 Å². The summed E-state index contributed by atoms with van der Waals surface area (Å²) in [6, 6.07) is 12.7. The third-order valence-corrected chi connectivity index (χ3v) is 4.11. The van der Waals surface area contributed by atoms with Gasteiger partial charge in [-0.2, -0.15) is 0 Å². The largest absolute Gasteiger partial charge is 0.508 e. The van der Waals surface area contributed by atoms with Crippen LogP contribution in [-0.4, -0.2) is 23.8 Å². The first-order chi connectivity index (χ1) is 13.9. The van der Waals surface area contributed by atoms with E-state index in [1.54, 1.807) is 42.5 Å². The molecule has 0 atom stereocenters. The number of methoxy groups -OCH3 is 1. The Kier molecular flexibility index (Phi) is 6.04. The summed E-state index contributed by atoms with van der Waals surface area (Å²) in [4.78, 5) is 35.5. The Labute approximate surface area is 166 Å². The predicted molar refractivity (Wildman–Crippen MR) is 110 cm³/mol. The quantitative estimate of drug-likeness (QED) is 0.375. The van der Waals surface area contributed by atoms with E-state index in [4.69, 9.17) is 9.15 Å². The molecule has 1 heterocycles. The minimum absolute atomic E-state index is 0.141. The molecule has 0 saturated carbocycles. The van der Waals surface area contributed by atoms with Crippen molar-refractivity contribution >= 4 is 34.7 Å². The Balaban J connectivity index is 1.67. The second kappa shape index (κ2) is 8.84. The number of benzene rings is 2. The highest BCUT2D eigenvalue weighted by molar-refractivity contribution is 6.11. The van der Waals surface area contributed by atoms with E-state index >= 15 is 0 Å². The Hall–Kier alpha value is -3.93. The van der Waals surface area contributed by atoms with E-state index in [9.17, 15) is 19.5 Å². The zero-order valence-electron chi connectivity index (χ0n) is 15.6. The summed E-state index contributed by atoms with van der Waals surface area (Å²) in [5, 5.41) is 9.84. The molecule has 0 unspecified atom stereocenters. The van der Waals surface area contributed by atoms with Gasteiger partial charge in [0.1, 0.15) is 17.1 Å². The normalized spacial score (nSPS) is 11.3. The summed E-state index contributed by atoms with van der Waals surface area (Å²) in [5.41, 5.74) is 1.32. The van der Waals surface area contributed by atoms with E-state index in [1.165, 1.54) is 37.5 Å². The molecule has 0 bridgehead atoms. The lowest BCUT2D eigenvalue weighted by molar-refractivity contribution is -0.121. The number of aromatic hydroxyl groups is 1. The molecule has 0 amide bonds. The Morgan fingerprint density at radius 2 is 1.59 bits per heavy atom. The predicted octanol–water partition coefficient (Wildman–Crippen LogP) is 3.76. The fourth-order valence-corrected chi connectivity index (χ4v) is 2.68. The molecule has 6 heteroatoms. The zero-order valence-corrected chi connectivity index (χ0v) is 15.6. The van der Waals surface area contributed by atoms with Gasteiger partial charge >= 0.3 is 5.63 Å². The first-order valence-corrected chi connectivity index (χ1v) is 8.77. The number of ketones is 2. The van der Waals surface area contributed by atoms with Gasteiger partial charge < -0.3 is 14.3 Å². The molecule has 0 aliphatic carbocycles. The number of rotatable bonds is 7. The van der Waals surface area contributed by atoms with Gasteiger partial charge in [-0.15, -0.1) is 0 Å². The van der Waals surface area contributed by atoms with Crippen molar-refractivity contribution in [1.82, 2.24) is 0 Å². The van der Waals surface area contributed by atoms with Crippen LogP contribution in [0.2, 0.25) is 0 Å². The van der Waals surface area contributed by atoms with Crippen LogP contribution in [0.15, 0.2) is 69.9 Å². The molecule has 29 heavy (non-hydrogen) atoms. The van der Waals surface area contributed by atoms with Crippen molar-refractivity contribution in [2.75, 3.05) is 7.11 Å². The Bertz CT molecular complexity index is 1170. The Morgan fingerprint density at radius 3 is 2.24 bits per heavy atom. The molecule has 6 nitrogen and oxygen atoms in total. The first-order valence-electron chi connectivity index (χ1n) is 8.77. The Morgan fingerprint density at radius 1 is 0.966 bits per heavy atom. The fourth-order valence-electron chi connectivity index (χ4n) is 2.68. The van der Waals surface area contributed by atoms with Crippen molar-refractivity contribution in [2.45, 2.75) is 6.42 Å². The molecule has 2 aromatic carbocycles. The van der Waals surface area contributed by atoms with Crippen LogP contribution in [0, 0.1) is 0 Å². The molecule has 1 aromatic heterocycles. The molecule has 0 aliphatic rings. The van der Waals surface area contributed by atoms with Gasteiger partial charge in [0.25, 0.3) is 0 Å². The summed E-state index contributed by atoms with van der Waals surface area (Å²) in [6.45, 7) is 0. The highest BCUT2D eigenvalue weighted by Crippen LogP contribution is 2.25. The van der Waals surface area contributed by atoms with Crippen molar-refractivity contribution in [1.29, 1.82) is 0 Å². The number of carbonyl (C=O) groups is 2.